The van der Waals surface area contributed by atoms with Gasteiger partial charge in [-0.05, 0) is 43.5 Å². The van der Waals surface area contributed by atoms with Crippen molar-refractivity contribution >= 4 is 32.4 Å². The predicted octanol–water partition coefficient (Wildman–Crippen LogP) is 5.63. The minimum atomic E-state index is -0.127. The first-order valence-corrected chi connectivity index (χ1v) is 14.3. The van der Waals surface area contributed by atoms with Crippen LogP contribution in [-0.2, 0) is 23.1 Å². The number of piperidine rings is 1. The Morgan fingerprint density at radius 2 is 1.90 bits per heavy atom. The van der Waals surface area contributed by atoms with Crippen LogP contribution in [0.15, 0.2) is 53.2 Å². The highest BCUT2D eigenvalue weighted by Gasteiger charge is 2.21. The molecule has 0 saturated carbocycles. The minimum Gasteiger partial charge on any atom is -0.477 e. The van der Waals surface area contributed by atoms with Crippen molar-refractivity contribution in [1.82, 2.24) is 24.8 Å². The van der Waals surface area contributed by atoms with Crippen molar-refractivity contribution in [3.63, 3.8) is 0 Å². The highest BCUT2D eigenvalue weighted by molar-refractivity contribution is 7.23. The third-order valence-electron chi connectivity index (χ3n) is 7.19. The summed E-state index contributed by atoms with van der Waals surface area (Å²) in [6.07, 6.45) is 4.97. The lowest BCUT2D eigenvalue weighted by atomic mass is 9.93. The third-order valence-corrected chi connectivity index (χ3v) is 8.15. The molecule has 4 aromatic heterocycles. The molecule has 0 atom stereocenters. The summed E-state index contributed by atoms with van der Waals surface area (Å²) in [5.74, 6) is 2.16. The lowest BCUT2D eigenvalue weighted by Crippen LogP contribution is -2.30. The smallest absolute Gasteiger partial charge is 0.214 e. The lowest BCUT2D eigenvalue weighted by Gasteiger charge is -2.22. The van der Waals surface area contributed by atoms with Crippen molar-refractivity contribution in [2.24, 2.45) is 5.92 Å². The van der Waals surface area contributed by atoms with Gasteiger partial charge in [-0.25, -0.2) is 9.97 Å². The van der Waals surface area contributed by atoms with E-state index in [2.05, 4.69) is 41.7 Å². The molecule has 9 heteroatoms. The molecule has 0 bridgehead atoms. The van der Waals surface area contributed by atoms with Gasteiger partial charge in [-0.15, -0.1) is 0 Å². The molecule has 1 aromatic carbocycles. The van der Waals surface area contributed by atoms with Crippen LogP contribution in [0.5, 0.6) is 5.88 Å². The van der Waals surface area contributed by atoms with Crippen molar-refractivity contribution in [3.8, 4) is 17.1 Å². The van der Waals surface area contributed by atoms with E-state index >= 15 is 0 Å². The van der Waals surface area contributed by atoms with Gasteiger partial charge < -0.3 is 14.6 Å². The van der Waals surface area contributed by atoms with Crippen molar-refractivity contribution < 1.29 is 14.1 Å². The second kappa shape index (κ2) is 10.5. The molecule has 6 rings (SSSR count). The second-order valence-electron chi connectivity index (χ2n) is 11.4. The molecule has 39 heavy (non-hydrogen) atoms. The highest BCUT2D eigenvalue weighted by Crippen LogP contribution is 2.30. The number of carbonyl (C=O) groups is 1. The summed E-state index contributed by atoms with van der Waals surface area (Å²) in [6, 6.07) is 13.9. The fraction of sp³-hybridized carbons (Fsp3) is 0.400. The van der Waals surface area contributed by atoms with Crippen molar-refractivity contribution in [1.29, 1.82) is 0 Å². The van der Waals surface area contributed by atoms with Gasteiger partial charge in [0.25, 0.3) is 0 Å². The maximum atomic E-state index is 12.6. The van der Waals surface area contributed by atoms with Gasteiger partial charge in [-0.1, -0.05) is 61.5 Å². The van der Waals surface area contributed by atoms with Crippen LogP contribution >= 0.6 is 11.3 Å². The Kier molecular flexibility index (Phi) is 6.95. The number of nitrogens with zero attached hydrogens (tertiary/aromatic N) is 4. The summed E-state index contributed by atoms with van der Waals surface area (Å²) in [7, 11) is 0. The molecule has 1 N–H and O–H groups in total. The Balaban J connectivity index is 1.10. The topological polar surface area (TPSA) is 94.6 Å². The summed E-state index contributed by atoms with van der Waals surface area (Å²) < 4.78 is 13.5. The minimum absolute atomic E-state index is 0.108. The number of ketones is 1. The van der Waals surface area contributed by atoms with E-state index < -0.39 is 0 Å². The maximum Gasteiger partial charge on any atom is 0.214 e. The third kappa shape index (κ3) is 5.74. The van der Waals surface area contributed by atoms with Crippen LogP contribution < -0.4 is 10.1 Å². The number of rotatable bonds is 8. The fourth-order valence-electron chi connectivity index (χ4n) is 4.87. The van der Waals surface area contributed by atoms with E-state index in [0.717, 1.165) is 63.8 Å². The number of thiazole rings is 1. The van der Waals surface area contributed by atoms with E-state index in [4.69, 9.17) is 19.2 Å². The molecule has 0 aliphatic carbocycles. The highest BCUT2D eigenvalue weighted by atomic mass is 32.1. The molecule has 1 fully saturated rings. The Hall–Kier alpha value is -3.56. The van der Waals surface area contributed by atoms with Crippen molar-refractivity contribution in [2.75, 3.05) is 19.7 Å². The summed E-state index contributed by atoms with van der Waals surface area (Å²) >= 11 is 1.56. The molecule has 8 nitrogen and oxygen atoms in total. The molecule has 0 spiro atoms. The Morgan fingerprint density at radius 1 is 1.10 bits per heavy atom. The zero-order chi connectivity index (χ0) is 27.0. The number of carbonyl (C=O) groups excluding carboxylic acids is 1. The van der Waals surface area contributed by atoms with E-state index in [9.17, 15) is 4.79 Å². The van der Waals surface area contributed by atoms with Crippen LogP contribution in [0.3, 0.4) is 0 Å². The van der Waals surface area contributed by atoms with E-state index in [1.807, 2.05) is 42.6 Å². The van der Waals surface area contributed by atoms with Crippen LogP contribution in [-0.4, -0.2) is 45.0 Å². The molecule has 1 aliphatic rings. The van der Waals surface area contributed by atoms with E-state index in [-0.39, 0.29) is 17.6 Å². The summed E-state index contributed by atoms with van der Waals surface area (Å²) in [5.41, 5.74) is 4.45. The van der Waals surface area contributed by atoms with Crippen LogP contribution in [0, 0.1) is 5.92 Å². The fourth-order valence-corrected chi connectivity index (χ4v) is 5.85. The molecular weight excluding hydrogens is 510 g/mol. The number of nitrogens with one attached hydrogen (secondary N) is 1. The zero-order valence-corrected chi connectivity index (χ0v) is 23.4. The molecule has 5 aromatic rings. The molecule has 1 saturated heterocycles. The number of hydrogen-bond donors (Lipinski definition) is 1. The van der Waals surface area contributed by atoms with Gasteiger partial charge in [0.1, 0.15) is 16.4 Å². The van der Waals surface area contributed by atoms with Gasteiger partial charge in [-0.3, -0.25) is 9.20 Å². The average Bonchev–Trinajstić information content (AvgIpc) is 3.63. The number of aromatic nitrogens is 4. The maximum absolute atomic E-state index is 12.6. The van der Waals surface area contributed by atoms with Crippen LogP contribution in [0.2, 0.25) is 0 Å². The predicted molar refractivity (Wildman–Crippen MR) is 153 cm³/mol. The quantitative estimate of drug-likeness (QED) is 0.271. The average molecular weight is 544 g/mol. The number of hydrogen-bond acceptors (Lipinski definition) is 8. The number of benzene rings is 1. The number of ether oxygens (including phenoxy) is 1. The van der Waals surface area contributed by atoms with Crippen LogP contribution in [0.4, 0.5) is 0 Å². The molecular formula is C30H33N5O3S. The summed E-state index contributed by atoms with van der Waals surface area (Å²) in [4.78, 5) is 24.0. The molecule has 0 radical (unpaired) electrons. The SMILES string of the molecule is CC(C)(C)c1cc(CC(=O)Cc2ccc(-c3cn4c(n3)sc3nc(OCC5CCNCC5)ccc34)cc2)no1. The first kappa shape index (κ1) is 25.7. The van der Waals surface area contributed by atoms with Gasteiger partial charge in [0, 0.05) is 35.7 Å². The molecule has 1 aliphatic heterocycles. The Morgan fingerprint density at radius 3 is 2.64 bits per heavy atom. The van der Waals surface area contributed by atoms with Gasteiger partial charge in [-0.2, -0.15) is 0 Å². The molecule has 202 valence electrons. The molecule has 5 heterocycles. The zero-order valence-electron chi connectivity index (χ0n) is 22.6. The van der Waals surface area contributed by atoms with Gasteiger partial charge in [0.15, 0.2) is 4.96 Å². The lowest BCUT2D eigenvalue weighted by molar-refractivity contribution is -0.117. The van der Waals surface area contributed by atoms with Gasteiger partial charge in [0.05, 0.1) is 29.9 Å². The largest absolute Gasteiger partial charge is 0.477 e. The van der Waals surface area contributed by atoms with Crippen molar-refractivity contribution in [2.45, 2.75) is 51.9 Å². The summed E-state index contributed by atoms with van der Waals surface area (Å²) in [6.45, 7) is 9.03. The van der Waals surface area contributed by atoms with E-state index in [0.29, 0.717) is 30.5 Å². The molecule has 0 amide bonds. The Bertz CT molecular complexity index is 1600. The van der Waals surface area contributed by atoms with Crippen LogP contribution in [0.25, 0.3) is 26.6 Å². The second-order valence-corrected chi connectivity index (χ2v) is 12.3. The first-order chi connectivity index (χ1) is 18.8. The van der Waals surface area contributed by atoms with Crippen molar-refractivity contribution in [3.05, 3.63) is 65.7 Å². The monoisotopic (exact) mass is 543 g/mol. The number of Topliss-reactive ketones (excluding diaryl/α,β-unsaturated/α-hetero) is 1. The van der Waals surface area contributed by atoms with Gasteiger partial charge >= 0.3 is 0 Å². The number of fused-ring (bicyclic) bond motifs is 3. The van der Waals surface area contributed by atoms with Crippen LogP contribution in [0.1, 0.15) is 50.6 Å². The summed E-state index contributed by atoms with van der Waals surface area (Å²) in [5, 5.41) is 7.46. The Labute approximate surface area is 231 Å². The van der Waals surface area contributed by atoms with E-state index in [1.165, 1.54) is 0 Å². The number of imidazole rings is 1. The first-order valence-electron chi connectivity index (χ1n) is 13.5. The van der Waals surface area contributed by atoms with E-state index in [1.54, 1.807) is 11.3 Å². The normalized spacial score (nSPS) is 14.8. The standard InChI is InChI=1S/C30H33N5O3S/c1-30(2,3)26-16-22(34-38-26)15-23(36)14-19-4-6-21(7-5-19)24-17-35-25-8-9-27(33-28(25)39-29(35)32-24)37-18-20-10-12-31-13-11-20/h4-9,16-17,20,31H,10-15,18H2,1-3H3. The molecule has 0 unspecified atom stereocenters. The number of pyridine rings is 1. The van der Waals surface area contributed by atoms with Gasteiger partial charge in [0.2, 0.25) is 5.88 Å².